The molecule has 2 N–H and O–H groups in total. The summed E-state index contributed by atoms with van der Waals surface area (Å²) in [6.45, 7) is 1.96. The van der Waals surface area contributed by atoms with Gasteiger partial charge in [0.15, 0.2) is 0 Å². The van der Waals surface area contributed by atoms with Gasteiger partial charge in [-0.15, -0.1) is 10.2 Å². The fourth-order valence-electron chi connectivity index (χ4n) is 3.16. The van der Waals surface area contributed by atoms with Gasteiger partial charge in [-0.05, 0) is 34.5 Å². The van der Waals surface area contributed by atoms with E-state index in [1.165, 1.54) is 0 Å². The number of rotatable bonds is 6. The minimum Gasteiger partial charge on any atom is -0.450 e. The maximum absolute atomic E-state index is 12.3. The predicted octanol–water partition coefficient (Wildman–Crippen LogP) is 4.11. The van der Waals surface area contributed by atoms with Crippen LogP contribution in [-0.2, 0) is 16.0 Å². The Labute approximate surface area is 181 Å². The molecule has 0 atom stereocenters. The normalized spacial score (nSPS) is 11.1. The SMILES string of the molecule is CCOC(=O)Nc1nnc(CC(=O)N/N=C\c2c3ccccc3cc3ccccc23)s1. The summed E-state index contributed by atoms with van der Waals surface area (Å²) in [6, 6.07) is 18.2. The topological polar surface area (TPSA) is 106 Å². The van der Waals surface area contributed by atoms with Crippen molar-refractivity contribution >= 4 is 56.2 Å². The molecular formula is C22H19N5O3S. The number of fused-ring (bicyclic) bond motifs is 2. The first-order chi connectivity index (χ1) is 15.1. The van der Waals surface area contributed by atoms with Crippen LogP contribution in [0.25, 0.3) is 21.5 Å². The zero-order valence-electron chi connectivity index (χ0n) is 16.7. The number of hydrogen-bond acceptors (Lipinski definition) is 7. The lowest BCUT2D eigenvalue weighted by Crippen LogP contribution is -2.19. The summed E-state index contributed by atoms with van der Waals surface area (Å²) in [5.41, 5.74) is 3.47. The zero-order valence-corrected chi connectivity index (χ0v) is 17.5. The van der Waals surface area contributed by atoms with Crippen LogP contribution in [0.4, 0.5) is 9.93 Å². The lowest BCUT2D eigenvalue weighted by Gasteiger charge is -2.07. The first-order valence-electron chi connectivity index (χ1n) is 9.62. The van der Waals surface area contributed by atoms with E-state index in [0.717, 1.165) is 38.4 Å². The van der Waals surface area contributed by atoms with Gasteiger partial charge in [-0.25, -0.2) is 10.2 Å². The molecule has 0 saturated heterocycles. The molecule has 1 aromatic heterocycles. The Morgan fingerprint density at radius 2 is 1.74 bits per heavy atom. The molecule has 9 heteroatoms. The van der Waals surface area contributed by atoms with E-state index in [2.05, 4.69) is 44.2 Å². The zero-order chi connectivity index (χ0) is 21.6. The van der Waals surface area contributed by atoms with Gasteiger partial charge in [0.2, 0.25) is 11.0 Å². The molecule has 156 valence electrons. The lowest BCUT2D eigenvalue weighted by molar-refractivity contribution is -0.120. The number of carbonyl (C=O) groups excluding carboxylic acids is 2. The predicted molar refractivity (Wildman–Crippen MR) is 121 cm³/mol. The van der Waals surface area contributed by atoms with Gasteiger partial charge in [0.25, 0.3) is 0 Å². The molecule has 8 nitrogen and oxygen atoms in total. The fraction of sp³-hybridized carbons (Fsp3) is 0.136. The number of benzene rings is 3. The summed E-state index contributed by atoms with van der Waals surface area (Å²) in [7, 11) is 0. The fourth-order valence-corrected chi connectivity index (χ4v) is 3.89. The number of anilines is 1. The number of amides is 2. The molecule has 0 fully saturated rings. The van der Waals surface area contributed by atoms with Crippen molar-refractivity contribution in [3.8, 4) is 0 Å². The first-order valence-corrected chi connectivity index (χ1v) is 10.4. The third kappa shape index (κ3) is 4.84. The summed E-state index contributed by atoms with van der Waals surface area (Å²) >= 11 is 1.10. The molecule has 0 aliphatic heterocycles. The van der Waals surface area contributed by atoms with Gasteiger partial charge in [0.05, 0.1) is 19.2 Å². The van der Waals surface area contributed by atoms with Crippen LogP contribution in [0, 0.1) is 0 Å². The van der Waals surface area contributed by atoms with Crippen molar-refractivity contribution in [2.75, 3.05) is 11.9 Å². The Hall–Kier alpha value is -3.85. The summed E-state index contributed by atoms with van der Waals surface area (Å²) in [6.07, 6.45) is 1.05. The Kier molecular flexibility index (Phi) is 6.13. The molecule has 0 radical (unpaired) electrons. The molecule has 3 aromatic carbocycles. The number of nitrogens with zero attached hydrogens (tertiary/aromatic N) is 3. The van der Waals surface area contributed by atoms with E-state index in [4.69, 9.17) is 4.74 Å². The number of carbonyl (C=O) groups is 2. The van der Waals surface area contributed by atoms with Gasteiger partial charge >= 0.3 is 6.09 Å². The Morgan fingerprint density at radius 1 is 1.06 bits per heavy atom. The largest absolute Gasteiger partial charge is 0.450 e. The number of hydrogen-bond donors (Lipinski definition) is 2. The lowest BCUT2D eigenvalue weighted by atomic mass is 9.97. The number of aromatic nitrogens is 2. The van der Waals surface area contributed by atoms with E-state index in [9.17, 15) is 9.59 Å². The van der Waals surface area contributed by atoms with E-state index in [1.54, 1.807) is 13.1 Å². The van der Waals surface area contributed by atoms with Crippen molar-refractivity contribution < 1.29 is 14.3 Å². The molecule has 2 amide bonds. The van der Waals surface area contributed by atoms with Crippen LogP contribution in [0.3, 0.4) is 0 Å². The maximum atomic E-state index is 12.3. The van der Waals surface area contributed by atoms with Crippen LogP contribution in [-0.4, -0.2) is 35.0 Å². The van der Waals surface area contributed by atoms with Crippen molar-refractivity contribution in [1.82, 2.24) is 15.6 Å². The van der Waals surface area contributed by atoms with Gasteiger partial charge in [0.1, 0.15) is 5.01 Å². The first kappa shape index (κ1) is 20.4. The number of ether oxygens (including phenoxy) is 1. The third-order valence-electron chi connectivity index (χ3n) is 4.46. The highest BCUT2D eigenvalue weighted by Crippen LogP contribution is 2.27. The molecule has 0 spiro atoms. The van der Waals surface area contributed by atoms with Crippen LogP contribution in [0.1, 0.15) is 17.5 Å². The van der Waals surface area contributed by atoms with Crippen LogP contribution in [0.2, 0.25) is 0 Å². The van der Waals surface area contributed by atoms with Crippen molar-refractivity contribution in [2.24, 2.45) is 5.10 Å². The van der Waals surface area contributed by atoms with Gasteiger partial charge in [-0.2, -0.15) is 5.10 Å². The van der Waals surface area contributed by atoms with Crippen LogP contribution < -0.4 is 10.7 Å². The quantitative estimate of drug-likeness (QED) is 0.270. The van der Waals surface area contributed by atoms with E-state index in [1.807, 2.05) is 36.4 Å². The molecule has 4 rings (SSSR count). The molecule has 0 unspecified atom stereocenters. The van der Waals surface area contributed by atoms with Crippen molar-refractivity contribution in [1.29, 1.82) is 0 Å². The Bertz CT molecular complexity index is 1230. The molecule has 0 aliphatic rings. The second-order valence-corrected chi connectivity index (χ2v) is 7.61. The minimum absolute atomic E-state index is 0.00417. The highest BCUT2D eigenvalue weighted by atomic mass is 32.1. The Morgan fingerprint density at radius 3 is 2.42 bits per heavy atom. The molecular weight excluding hydrogens is 414 g/mol. The summed E-state index contributed by atoms with van der Waals surface area (Å²) in [5, 5.41) is 19.4. The maximum Gasteiger partial charge on any atom is 0.413 e. The monoisotopic (exact) mass is 433 g/mol. The van der Waals surface area contributed by atoms with Crippen LogP contribution in [0.15, 0.2) is 59.7 Å². The van der Waals surface area contributed by atoms with E-state index in [-0.39, 0.29) is 24.1 Å². The standard InChI is InChI=1S/C22H19N5O3S/c1-2-30-22(29)24-21-27-26-20(31-21)12-19(28)25-23-13-18-16-9-5-3-7-14(16)11-15-8-4-6-10-17(15)18/h3-11,13H,2,12H2,1H3,(H,25,28)(H,24,27,29)/b23-13-. The number of hydrazone groups is 1. The smallest absolute Gasteiger partial charge is 0.413 e. The highest BCUT2D eigenvalue weighted by molar-refractivity contribution is 7.15. The molecule has 0 saturated carbocycles. The molecule has 1 heterocycles. The van der Waals surface area contributed by atoms with Crippen molar-refractivity contribution in [3.63, 3.8) is 0 Å². The Balaban J connectivity index is 1.46. The average molecular weight is 433 g/mol. The molecule has 31 heavy (non-hydrogen) atoms. The van der Waals surface area contributed by atoms with E-state index in [0.29, 0.717) is 5.01 Å². The highest BCUT2D eigenvalue weighted by Gasteiger charge is 2.12. The number of nitrogens with one attached hydrogen (secondary N) is 2. The van der Waals surface area contributed by atoms with Crippen molar-refractivity contribution in [3.05, 3.63) is 65.2 Å². The van der Waals surface area contributed by atoms with Gasteiger partial charge < -0.3 is 4.74 Å². The van der Waals surface area contributed by atoms with Crippen LogP contribution in [0.5, 0.6) is 0 Å². The summed E-state index contributed by atoms with van der Waals surface area (Å²) < 4.78 is 4.78. The second-order valence-electron chi connectivity index (χ2n) is 6.55. The molecule has 0 bridgehead atoms. The summed E-state index contributed by atoms with van der Waals surface area (Å²) in [5.74, 6) is -0.334. The van der Waals surface area contributed by atoms with Gasteiger partial charge in [-0.1, -0.05) is 59.9 Å². The third-order valence-corrected chi connectivity index (χ3v) is 5.30. The summed E-state index contributed by atoms with van der Waals surface area (Å²) in [4.78, 5) is 23.7. The van der Waals surface area contributed by atoms with E-state index < -0.39 is 6.09 Å². The minimum atomic E-state index is -0.610. The second kappa shape index (κ2) is 9.31. The van der Waals surface area contributed by atoms with Crippen LogP contribution >= 0.6 is 11.3 Å². The molecule has 4 aromatic rings. The molecule has 0 aliphatic carbocycles. The average Bonchev–Trinajstić information content (AvgIpc) is 3.19. The van der Waals surface area contributed by atoms with Crippen molar-refractivity contribution in [2.45, 2.75) is 13.3 Å². The van der Waals surface area contributed by atoms with E-state index >= 15 is 0 Å². The van der Waals surface area contributed by atoms with Gasteiger partial charge in [-0.3, -0.25) is 10.1 Å². The van der Waals surface area contributed by atoms with Gasteiger partial charge in [0, 0.05) is 5.56 Å².